The highest BCUT2D eigenvalue weighted by atomic mass is 32.2. The summed E-state index contributed by atoms with van der Waals surface area (Å²) in [6.07, 6.45) is 4.60. The molecule has 0 radical (unpaired) electrons. The fourth-order valence-electron chi connectivity index (χ4n) is 2.95. The van der Waals surface area contributed by atoms with Crippen molar-refractivity contribution in [3.8, 4) is 11.4 Å². The molecule has 0 N–H and O–H groups in total. The molecule has 0 bridgehead atoms. The minimum absolute atomic E-state index is 0.205. The van der Waals surface area contributed by atoms with E-state index in [4.69, 9.17) is 0 Å². The SMILES string of the molecule is Cc1nc(-c2ccnn2C)cc([C@H]2CCCN2S(C)(=O)=O)n1. The van der Waals surface area contributed by atoms with Crippen LogP contribution in [-0.2, 0) is 17.1 Å². The van der Waals surface area contributed by atoms with Crippen molar-refractivity contribution in [3.63, 3.8) is 0 Å². The second-order valence-corrected chi connectivity index (χ2v) is 7.53. The third-order valence-corrected chi connectivity index (χ3v) is 5.20. The molecule has 1 aliphatic heterocycles. The fourth-order valence-corrected chi connectivity index (χ4v) is 4.09. The molecule has 22 heavy (non-hydrogen) atoms. The van der Waals surface area contributed by atoms with Gasteiger partial charge in [-0.1, -0.05) is 0 Å². The largest absolute Gasteiger partial charge is 0.266 e. The summed E-state index contributed by atoms with van der Waals surface area (Å²) in [5.41, 5.74) is 2.41. The Balaban J connectivity index is 2.05. The number of hydrogen-bond acceptors (Lipinski definition) is 5. The molecule has 2 aromatic rings. The third-order valence-electron chi connectivity index (χ3n) is 3.91. The lowest BCUT2D eigenvalue weighted by molar-refractivity contribution is 0.393. The van der Waals surface area contributed by atoms with Crippen LogP contribution in [0.5, 0.6) is 0 Å². The standard InChI is InChI=1S/C14H19N5O2S/c1-10-16-11(13-6-7-15-18(13)2)9-12(17-10)14-5-4-8-19(14)22(3,20)21/h6-7,9,14H,4-5,8H2,1-3H3/t14-/m1/s1. The van der Waals surface area contributed by atoms with Gasteiger partial charge >= 0.3 is 0 Å². The predicted molar refractivity (Wildman–Crippen MR) is 82.5 cm³/mol. The first-order valence-electron chi connectivity index (χ1n) is 7.17. The molecule has 1 aliphatic rings. The fraction of sp³-hybridized carbons (Fsp3) is 0.500. The van der Waals surface area contributed by atoms with E-state index in [9.17, 15) is 8.42 Å². The predicted octanol–water partition coefficient (Wildman–Crippen LogP) is 1.28. The lowest BCUT2D eigenvalue weighted by atomic mass is 10.1. The van der Waals surface area contributed by atoms with Crippen molar-refractivity contribution >= 4 is 10.0 Å². The van der Waals surface area contributed by atoms with Crippen LogP contribution in [0.2, 0.25) is 0 Å². The van der Waals surface area contributed by atoms with Gasteiger partial charge in [0, 0.05) is 19.8 Å². The topological polar surface area (TPSA) is 81.0 Å². The summed E-state index contributed by atoms with van der Waals surface area (Å²) >= 11 is 0. The molecule has 3 rings (SSSR count). The van der Waals surface area contributed by atoms with Crippen LogP contribution in [0.4, 0.5) is 0 Å². The molecule has 0 unspecified atom stereocenters. The zero-order chi connectivity index (χ0) is 15.9. The first-order valence-corrected chi connectivity index (χ1v) is 9.02. The van der Waals surface area contributed by atoms with E-state index in [1.54, 1.807) is 10.9 Å². The van der Waals surface area contributed by atoms with E-state index < -0.39 is 10.0 Å². The molecule has 1 atom stereocenters. The van der Waals surface area contributed by atoms with Crippen LogP contribution in [-0.4, -0.2) is 45.3 Å². The third kappa shape index (κ3) is 2.76. The second-order valence-electron chi connectivity index (χ2n) is 5.60. The Morgan fingerprint density at radius 2 is 2.09 bits per heavy atom. The molecule has 0 saturated carbocycles. The molecule has 8 heteroatoms. The second kappa shape index (κ2) is 5.44. The summed E-state index contributed by atoms with van der Waals surface area (Å²) in [6.45, 7) is 2.37. The Hall–Kier alpha value is -1.80. The van der Waals surface area contributed by atoms with Crippen LogP contribution in [0.1, 0.15) is 30.4 Å². The van der Waals surface area contributed by atoms with Gasteiger partial charge in [0.05, 0.1) is 29.4 Å². The van der Waals surface area contributed by atoms with Gasteiger partial charge in [-0.3, -0.25) is 4.68 Å². The molecular formula is C14H19N5O2S. The van der Waals surface area contributed by atoms with Gasteiger partial charge in [-0.05, 0) is 31.9 Å². The Labute approximate surface area is 130 Å². The van der Waals surface area contributed by atoms with E-state index in [1.807, 2.05) is 26.1 Å². The quantitative estimate of drug-likeness (QED) is 0.850. The zero-order valence-electron chi connectivity index (χ0n) is 12.9. The average molecular weight is 321 g/mol. The first kappa shape index (κ1) is 15.1. The van der Waals surface area contributed by atoms with Crippen LogP contribution in [0, 0.1) is 6.92 Å². The van der Waals surface area contributed by atoms with Crippen LogP contribution >= 0.6 is 0 Å². The van der Waals surface area contributed by atoms with Crippen molar-refractivity contribution in [2.45, 2.75) is 25.8 Å². The summed E-state index contributed by atoms with van der Waals surface area (Å²) in [6, 6.07) is 3.55. The Morgan fingerprint density at radius 1 is 1.32 bits per heavy atom. The van der Waals surface area contributed by atoms with Crippen LogP contribution in [0.3, 0.4) is 0 Å². The normalized spacial score (nSPS) is 19.7. The Kier molecular flexibility index (Phi) is 3.73. The minimum atomic E-state index is -3.23. The summed E-state index contributed by atoms with van der Waals surface area (Å²) in [5.74, 6) is 0.633. The molecule has 0 amide bonds. The van der Waals surface area contributed by atoms with Crippen molar-refractivity contribution in [1.82, 2.24) is 24.1 Å². The highest BCUT2D eigenvalue weighted by Gasteiger charge is 2.33. The molecule has 0 aromatic carbocycles. The summed E-state index contributed by atoms with van der Waals surface area (Å²) < 4.78 is 27.2. The molecule has 2 aromatic heterocycles. The number of aromatic nitrogens is 4. The minimum Gasteiger partial charge on any atom is -0.266 e. The van der Waals surface area contributed by atoms with Gasteiger partial charge in [0.2, 0.25) is 10.0 Å². The highest BCUT2D eigenvalue weighted by Crippen LogP contribution is 2.34. The zero-order valence-corrected chi connectivity index (χ0v) is 13.7. The monoisotopic (exact) mass is 321 g/mol. The van der Waals surface area contributed by atoms with Crippen molar-refractivity contribution < 1.29 is 8.42 Å². The van der Waals surface area contributed by atoms with Gasteiger partial charge in [-0.2, -0.15) is 9.40 Å². The Bertz CT molecular complexity index is 799. The first-order chi connectivity index (χ1) is 10.4. The maximum Gasteiger partial charge on any atom is 0.211 e. The van der Waals surface area contributed by atoms with Crippen LogP contribution in [0.15, 0.2) is 18.3 Å². The smallest absolute Gasteiger partial charge is 0.211 e. The van der Waals surface area contributed by atoms with Crippen molar-refractivity contribution in [2.24, 2.45) is 7.05 Å². The summed E-state index contributed by atoms with van der Waals surface area (Å²) in [7, 11) is -1.38. The van der Waals surface area contributed by atoms with Gasteiger partial charge in [0.1, 0.15) is 5.82 Å². The van der Waals surface area contributed by atoms with E-state index >= 15 is 0 Å². The summed E-state index contributed by atoms with van der Waals surface area (Å²) in [4.78, 5) is 8.93. The maximum absolute atomic E-state index is 11.9. The number of hydrogen-bond donors (Lipinski definition) is 0. The van der Waals surface area contributed by atoms with Crippen molar-refractivity contribution in [2.75, 3.05) is 12.8 Å². The highest BCUT2D eigenvalue weighted by molar-refractivity contribution is 7.88. The molecule has 7 nitrogen and oxygen atoms in total. The molecule has 0 spiro atoms. The van der Waals surface area contributed by atoms with Crippen molar-refractivity contribution in [3.05, 3.63) is 29.8 Å². The van der Waals surface area contributed by atoms with E-state index in [-0.39, 0.29) is 6.04 Å². The average Bonchev–Trinajstić information content (AvgIpc) is 3.05. The molecular weight excluding hydrogens is 302 g/mol. The van der Waals surface area contributed by atoms with Gasteiger partial charge in [-0.25, -0.2) is 18.4 Å². The molecule has 1 saturated heterocycles. The number of sulfonamides is 1. The molecule has 118 valence electrons. The van der Waals surface area contributed by atoms with E-state index in [0.29, 0.717) is 12.4 Å². The molecule has 3 heterocycles. The van der Waals surface area contributed by atoms with E-state index in [0.717, 1.165) is 29.9 Å². The lowest BCUT2D eigenvalue weighted by Crippen LogP contribution is -2.30. The van der Waals surface area contributed by atoms with Gasteiger partial charge in [0.15, 0.2) is 0 Å². The molecule has 1 fully saturated rings. The number of rotatable bonds is 3. The van der Waals surface area contributed by atoms with Gasteiger partial charge < -0.3 is 0 Å². The van der Waals surface area contributed by atoms with E-state index in [1.165, 1.54) is 10.6 Å². The summed E-state index contributed by atoms with van der Waals surface area (Å²) in [5, 5.41) is 4.15. The molecule has 0 aliphatic carbocycles. The lowest BCUT2D eigenvalue weighted by Gasteiger charge is -2.22. The Morgan fingerprint density at radius 3 is 2.73 bits per heavy atom. The van der Waals surface area contributed by atoms with Gasteiger partial charge in [0.25, 0.3) is 0 Å². The number of aryl methyl sites for hydroxylation is 2. The number of nitrogens with zero attached hydrogens (tertiary/aromatic N) is 5. The van der Waals surface area contributed by atoms with Gasteiger partial charge in [-0.15, -0.1) is 0 Å². The van der Waals surface area contributed by atoms with Crippen molar-refractivity contribution in [1.29, 1.82) is 0 Å². The van der Waals surface area contributed by atoms with E-state index in [2.05, 4.69) is 15.1 Å². The van der Waals surface area contributed by atoms with Crippen LogP contribution < -0.4 is 0 Å². The van der Waals surface area contributed by atoms with Crippen LogP contribution in [0.25, 0.3) is 11.4 Å². The maximum atomic E-state index is 11.9.